The van der Waals surface area contributed by atoms with Crippen LogP contribution in [0.25, 0.3) is 17.0 Å². The van der Waals surface area contributed by atoms with Crippen molar-refractivity contribution in [2.24, 2.45) is 5.41 Å². The number of thiocarbonyl (C=S) groups is 1. The molecule has 3 rings (SSSR count). The molecule has 2 aromatic carbocycles. The summed E-state index contributed by atoms with van der Waals surface area (Å²) in [5, 5.41) is 6.22. The topological polar surface area (TPSA) is 74.3 Å². The number of benzene rings is 2. The normalized spacial score (nSPS) is 12.8. The summed E-state index contributed by atoms with van der Waals surface area (Å²) in [4.78, 5) is 31.9. The third kappa shape index (κ3) is 7.17. The van der Waals surface area contributed by atoms with Crippen molar-refractivity contribution in [2.75, 3.05) is 4.90 Å². The zero-order valence-electron chi connectivity index (χ0n) is 19.8. The quantitative estimate of drug-likeness (QED) is 0.172. The number of nitrogens with one attached hydrogen (secondary N) is 2. The van der Waals surface area contributed by atoms with Gasteiger partial charge in [-0.2, -0.15) is 0 Å². The highest BCUT2D eigenvalue weighted by Crippen LogP contribution is 2.32. The maximum absolute atomic E-state index is 13.5. The van der Waals surface area contributed by atoms with E-state index in [1.54, 1.807) is 51.2 Å². The molecular formula is C26H25Cl3N4O2S. The van der Waals surface area contributed by atoms with E-state index in [2.05, 4.69) is 15.6 Å². The van der Waals surface area contributed by atoms with E-state index in [-0.39, 0.29) is 11.0 Å². The van der Waals surface area contributed by atoms with Crippen LogP contribution in [0, 0.1) is 5.41 Å². The number of rotatable bonds is 5. The number of anilines is 1. The van der Waals surface area contributed by atoms with Crippen molar-refractivity contribution in [3.05, 3.63) is 78.5 Å². The van der Waals surface area contributed by atoms with E-state index in [0.29, 0.717) is 11.2 Å². The average Bonchev–Trinajstić information content (AvgIpc) is 2.82. The molecular weight excluding hydrogens is 539 g/mol. The number of nitrogens with zero attached hydrogens (tertiary/aromatic N) is 2. The van der Waals surface area contributed by atoms with Crippen LogP contribution in [0.3, 0.4) is 0 Å². The minimum atomic E-state index is -1.99. The van der Waals surface area contributed by atoms with Crippen molar-refractivity contribution in [1.82, 2.24) is 15.6 Å². The number of aromatic nitrogens is 1. The van der Waals surface area contributed by atoms with Crippen molar-refractivity contribution in [2.45, 2.75) is 30.7 Å². The number of para-hydroxylation sites is 1. The van der Waals surface area contributed by atoms with Gasteiger partial charge in [-0.05, 0) is 36.0 Å². The molecule has 0 spiro atoms. The van der Waals surface area contributed by atoms with Crippen LogP contribution in [0.15, 0.2) is 72.9 Å². The Kier molecular flexibility index (Phi) is 8.95. The predicted octanol–water partition coefficient (Wildman–Crippen LogP) is 6.01. The molecule has 0 radical (unpaired) electrons. The van der Waals surface area contributed by atoms with Crippen molar-refractivity contribution < 1.29 is 9.59 Å². The minimum absolute atomic E-state index is 0.0586. The van der Waals surface area contributed by atoms with E-state index in [0.717, 1.165) is 10.9 Å². The highest BCUT2D eigenvalue weighted by atomic mass is 35.6. The van der Waals surface area contributed by atoms with Crippen LogP contribution in [-0.2, 0) is 9.59 Å². The van der Waals surface area contributed by atoms with Crippen molar-refractivity contribution in [3.63, 3.8) is 0 Å². The van der Waals surface area contributed by atoms with Crippen molar-refractivity contribution >= 4 is 86.6 Å². The summed E-state index contributed by atoms with van der Waals surface area (Å²) >= 11 is 24.1. The Hall–Kier alpha value is -2.71. The van der Waals surface area contributed by atoms with Gasteiger partial charge in [0.1, 0.15) is 6.17 Å². The summed E-state index contributed by atoms with van der Waals surface area (Å²) in [6.07, 6.45) is 3.32. The average molecular weight is 564 g/mol. The predicted molar refractivity (Wildman–Crippen MR) is 152 cm³/mol. The van der Waals surface area contributed by atoms with E-state index in [1.807, 2.05) is 42.5 Å². The van der Waals surface area contributed by atoms with E-state index >= 15 is 0 Å². The van der Waals surface area contributed by atoms with Crippen LogP contribution in [-0.4, -0.2) is 31.9 Å². The van der Waals surface area contributed by atoms with Gasteiger partial charge in [-0.1, -0.05) is 104 Å². The van der Waals surface area contributed by atoms with Crippen LogP contribution in [0.1, 0.15) is 26.3 Å². The fraction of sp³-hybridized carbons (Fsp3) is 0.231. The molecule has 0 bridgehead atoms. The lowest BCUT2D eigenvalue weighted by molar-refractivity contribution is -0.124. The van der Waals surface area contributed by atoms with Gasteiger partial charge in [-0.3, -0.25) is 19.5 Å². The van der Waals surface area contributed by atoms with Gasteiger partial charge >= 0.3 is 0 Å². The van der Waals surface area contributed by atoms with E-state index in [4.69, 9.17) is 47.0 Å². The number of carbonyl (C=O) groups is 2. The number of carbonyl (C=O) groups excluding carboxylic acids is 2. The van der Waals surface area contributed by atoms with Crippen LogP contribution >= 0.6 is 47.0 Å². The molecule has 1 unspecified atom stereocenters. The first-order valence-corrected chi connectivity index (χ1v) is 12.5. The maximum atomic E-state index is 13.5. The summed E-state index contributed by atoms with van der Waals surface area (Å²) in [6.45, 7) is 5.31. The highest BCUT2D eigenvalue weighted by molar-refractivity contribution is 7.80. The molecule has 6 nitrogen and oxygen atoms in total. The Morgan fingerprint density at radius 2 is 1.64 bits per heavy atom. The molecule has 1 heterocycles. The Bertz CT molecular complexity index is 1280. The van der Waals surface area contributed by atoms with Gasteiger partial charge in [0, 0.05) is 23.1 Å². The molecule has 10 heteroatoms. The first-order valence-electron chi connectivity index (χ1n) is 11.0. The second kappa shape index (κ2) is 11.6. The Morgan fingerprint density at radius 3 is 2.28 bits per heavy atom. The fourth-order valence-corrected chi connectivity index (χ4v) is 3.86. The molecule has 0 saturated carbocycles. The number of alkyl halides is 3. The number of hydrogen-bond acceptors (Lipinski definition) is 4. The number of pyridine rings is 1. The first kappa shape index (κ1) is 27.9. The number of hydrogen-bond donors (Lipinski definition) is 2. The lowest BCUT2D eigenvalue weighted by Crippen LogP contribution is -2.59. The van der Waals surface area contributed by atoms with Gasteiger partial charge in [-0.25, -0.2) is 0 Å². The second-order valence-corrected chi connectivity index (χ2v) is 11.7. The molecule has 2 amide bonds. The van der Waals surface area contributed by atoms with Crippen LogP contribution in [0.4, 0.5) is 5.69 Å². The van der Waals surface area contributed by atoms with Gasteiger partial charge in [0.05, 0.1) is 11.2 Å². The zero-order valence-corrected chi connectivity index (χ0v) is 22.9. The summed E-state index contributed by atoms with van der Waals surface area (Å²) in [5.74, 6) is -0.831. The first-order chi connectivity index (χ1) is 16.9. The SMILES string of the molecule is CC(C)(C)C(=O)N(C(=S)NC(NC(=O)/C=C/c1ccccc1)C(Cl)(Cl)Cl)c1cccc2cccnc12. The molecule has 2 N–H and O–H groups in total. The van der Waals surface area contributed by atoms with Crippen molar-refractivity contribution in [3.8, 4) is 0 Å². The van der Waals surface area contributed by atoms with Gasteiger partial charge in [-0.15, -0.1) is 0 Å². The number of fused-ring (bicyclic) bond motifs is 1. The van der Waals surface area contributed by atoms with Crippen LogP contribution < -0.4 is 15.5 Å². The molecule has 0 aliphatic carbocycles. The lowest BCUT2D eigenvalue weighted by atomic mass is 9.94. The van der Waals surface area contributed by atoms with E-state index in [1.165, 1.54) is 11.0 Å². The number of amides is 2. The lowest BCUT2D eigenvalue weighted by Gasteiger charge is -2.34. The molecule has 0 saturated heterocycles. The van der Waals surface area contributed by atoms with E-state index < -0.39 is 21.3 Å². The standard InChI is InChI=1S/C26H25Cl3N4O2S/c1-25(2,3)23(35)33(19-13-7-11-18-12-8-16-30-21(18)19)24(36)32-22(26(27,28)29)31-20(34)15-14-17-9-5-4-6-10-17/h4-16,22H,1-3H3,(H,31,34)(H,32,36)/b15-14+. The van der Waals surface area contributed by atoms with Gasteiger partial charge in [0.15, 0.2) is 5.11 Å². The largest absolute Gasteiger partial charge is 0.338 e. The molecule has 188 valence electrons. The third-order valence-corrected chi connectivity index (χ3v) is 5.96. The summed E-state index contributed by atoms with van der Waals surface area (Å²) in [6, 6.07) is 18.4. The fourth-order valence-electron chi connectivity index (χ4n) is 3.23. The highest BCUT2D eigenvalue weighted by Gasteiger charge is 2.38. The van der Waals surface area contributed by atoms with Crippen LogP contribution in [0.2, 0.25) is 0 Å². The monoisotopic (exact) mass is 562 g/mol. The van der Waals surface area contributed by atoms with Crippen molar-refractivity contribution in [1.29, 1.82) is 0 Å². The second-order valence-electron chi connectivity index (χ2n) is 8.92. The minimum Gasteiger partial charge on any atom is -0.338 e. The Labute approximate surface area is 230 Å². The van der Waals surface area contributed by atoms with Gasteiger partial charge in [0.25, 0.3) is 0 Å². The van der Waals surface area contributed by atoms with E-state index in [9.17, 15) is 9.59 Å². The molecule has 1 aromatic heterocycles. The summed E-state index contributed by atoms with van der Waals surface area (Å²) < 4.78 is -1.99. The Morgan fingerprint density at radius 1 is 0.972 bits per heavy atom. The van der Waals surface area contributed by atoms with Gasteiger partial charge in [0.2, 0.25) is 15.6 Å². The zero-order chi connectivity index (χ0) is 26.5. The maximum Gasteiger partial charge on any atom is 0.245 e. The molecule has 0 aliphatic heterocycles. The van der Waals surface area contributed by atoms with Gasteiger partial charge < -0.3 is 10.6 Å². The number of halogens is 3. The van der Waals surface area contributed by atoms with Crippen LogP contribution in [0.5, 0.6) is 0 Å². The molecule has 0 fully saturated rings. The summed E-state index contributed by atoms with van der Waals surface area (Å²) in [7, 11) is 0. The Balaban J connectivity index is 1.92. The molecule has 0 aliphatic rings. The molecule has 1 atom stereocenters. The third-order valence-electron chi connectivity index (χ3n) is 5.01. The molecule has 3 aromatic rings. The molecule has 36 heavy (non-hydrogen) atoms. The summed E-state index contributed by atoms with van der Waals surface area (Å²) in [5.41, 5.74) is 1.05. The smallest absolute Gasteiger partial charge is 0.245 e.